The maximum atomic E-state index is 11.4. The smallest absolute Gasteiger partial charge is 0.303 e. The molecule has 25 heavy (non-hydrogen) atoms. The summed E-state index contributed by atoms with van der Waals surface area (Å²) in [5, 5.41) is 10.1. The van der Waals surface area contributed by atoms with E-state index in [0.29, 0.717) is 0 Å². The van der Waals surface area contributed by atoms with Gasteiger partial charge in [0.1, 0.15) is 18.8 Å². The van der Waals surface area contributed by atoms with Gasteiger partial charge in [0.2, 0.25) is 0 Å². The van der Waals surface area contributed by atoms with E-state index in [-0.39, 0.29) is 19.8 Å². The summed E-state index contributed by atoms with van der Waals surface area (Å²) in [5.74, 6) is -1.88. The molecule has 1 rings (SSSR count). The lowest BCUT2D eigenvalue weighted by Crippen LogP contribution is -2.62. The van der Waals surface area contributed by atoms with E-state index in [1.165, 1.54) is 21.0 Å². The van der Waals surface area contributed by atoms with E-state index in [0.717, 1.165) is 6.92 Å². The molecule has 5 atom stereocenters. The Hall–Kier alpha value is -1.75. The number of carbonyl (C=O) groups excluding carboxylic acids is 3. The molecule has 1 aliphatic heterocycles. The third-order valence-corrected chi connectivity index (χ3v) is 3.26. The lowest BCUT2D eigenvalue weighted by atomic mass is 9.98. The van der Waals surface area contributed by atoms with Gasteiger partial charge >= 0.3 is 17.9 Å². The zero-order valence-electron chi connectivity index (χ0n) is 14.6. The fraction of sp³-hybridized carbons (Fsp3) is 0.800. The Labute approximate surface area is 145 Å². The molecule has 0 aliphatic carbocycles. The fourth-order valence-electron chi connectivity index (χ4n) is 2.34. The van der Waals surface area contributed by atoms with E-state index in [1.807, 2.05) is 0 Å². The summed E-state index contributed by atoms with van der Waals surface area (Å²) in [6.07, 6.45) is -5.88. The van der Waals surface area contributed by atoms with Crippen LogP contribution in [0, 0.1) is 0 Å². The molecule has 0 spiro atoms. The standard InChI is InChI=1S/C15H24O10/c1-8(16)22-7-11-12(23-9(2)17)13(21-6-5-20-4)14(15(19)25-11)24-10(3)18/h11-15,19H,5-7H2,1-4H3/t11-,12-,13-,14-,15?/m1/s1. The lowest BCUT2D eigenvalue weighted by molar-refractivity contribution is -0.301. The van der Waals surface area contributed by atoms with E-state index < -0.39 is 48.6 Å². The molecule has 1 aliphatic rings. The van der Waals surface area contributed by atoms with Crippen LogP contribution in [0.3, 0.4) is 0 Å². The quantitative estimate of drug-likeness (QED) is 0.331. The first-order valence-electron chi connectivity index (χ1n) is 7.68. The first-order chi connectivity index (χ1) is 11.8. The van der Waals surface area contributed by atoms with Gasteiger partial charge in [0.05, 0.1) is 13.2 Å². The third kappa shape index (κ3) is 6.94. The number of carbonyl (C=O) groups is 3. The molecule has 0 aromatic carbocycles. The van der Waals surface area contributed by atoms with E-state index in [9.17, 15) is 19.5 Å². The molecule has 10 heteroatoms. The monoisotopic (exact) mass is 364 g/mol. The van der Waals surface area contributed by atoms with Crippen LogP contribution in [0.4, 0.5) is 0 Å². The van der Waals surface area contributed by atoms with Crippen molar-refractivity contribution in [3.63, 3.8) is 0 Å². The summed E-state index contributed by atoms with van der Waals surface area (Å²) in [6.45, 7) is 3.58. The van der Waals surface area contributed by atoms with Crippen LogP contribution in [0.1, 0.15) is 20.8 Å². The van der Waals surface area contributed by atoms with Gasteiger partial charge in [-0.05, 0) is 0 Å². The summed E-state index contributed by atoms with van der Waals surface area (Å²) < 4.78 is 31.0. The van der Waals surface area contributed by atoms with Crippen molar-refractivity contribution in [2.45, 2.75) is 51.5 Å². The van der Waals surface area contributed by atoms with Crippen LogP contribution in [0.2, 0.25) is 0 Å². The Morgan fingerprint density at radius 1 is 0.920 bits per heavy atom. The second kappa shape index (κ2) is 10.3. The molecule has 1 fully saturated rings. The first kappa shape index (κ1) is 21.3. The topological polar surface area (TPSA) is 127 Å². The number of hydrogen-bond donors (Lipinski definition) is 1. The maximum absolute atomic E-state index is 11.4. The number of aliphatic hydroxyl groups excluding tert-OH is 1. The van der Waals surface area contributed by atoms with Crippen LogP contribution < -0.4 is 0 Å². The van der Waals surface area contributed by atoms with Crippen LogP contribution in [0.5, 0.6) is 0 Å². The summed E-state index contributed by atoms with van der Waals surface area (Å²) in [6, 6.07) is 0. The molecule has 0 aromatic rings. The maximum Gasteiger partial charge on any atom is 0.303 e. The van der Waals surface area contributed by atoms with Gasteiger partial charge in [-0.1, -0.05) is 0 Å². The SMILES string of the molecule is COCCO[C@@H]1[C@H](OC(C)=O)[C@@H](COC(C)=O)OC(O)[C@@H]1OC(C)=O. The van der Waals surface area contributed by atoms with Crippen molar-refractivity contribution in [3.05, 3.63) is 0 Å². The number of rotatable bonds is 8. The fourth-order valence-corrected chi connectivity index (χ4v) is 2.34. The van der Waals surface area contributed by atoms with Gasteiger partial charge in [-0.25, -0.2) is 0 Å². The highest BCUT2D eigenvalue weighted by Gasteiger charge is 2.50. The highest BCUT2D eigenvalue weighted by Crippen LogP contribution is 2.28. The minimum Gasteiger partial charge on any atom is -0.463 e. The van der Waals surface area contributed by atoms with Crippen molar-refractivity contribution < 1.29 is 47.9 Å². The molecule has 1 N–H and O–H groups in total. The van der Waals surface area contributed by atoms with Gasteiger partial charge in [0.25, 0.3) is 0 Å². The Morgan fingerprint density at radius 2 is 1.52 bits per heavy atom. The first-order valence-corrected chi connectivity index (χ1v) is 7.68. The zero-order valence-corrected chi connectivity index (χ0v) is 14.6. The van der Waals surface area contributed by atoms with Crippen LogP contribution in [-0.2, 0) is 42.8 Å². The minimum atomic E-state index is -1.55. The van der Waals surface area contributed by atoms with Gasteiger partial charge in [0.15, 0.2) is 18.5 Å². The predicted octanol–water partition coefficient (Wildman–Crippen LogP) is -0.838. The molecule has 1 unspecified atom stereocenters. The highest BCUT2D eigenvalue weighted by molar-refractivity contribution is 5.67. The molecule has 0 aromatic heterocycles. The number of hydrogen-bond acceptors (Lipinski definition) is 10. The molecule has 0 amide bonds. The van der Waals surface area contributed by atoms with Crippen LogP contribution >= 0.6 is 0 Å². The molecule has 144 valence electrons. The van der Waals surface area contributed by atoms with E-state index in [2.05, 4.69) is 0 Å². The normalized spacial score (nSPS) is 28.9. The molecule has 1 heterocycles. The summed E-state index contributed by atoms with van der Waals surface area (Å²) in [5.41, 5.74) is 0. The zero-order chi connectivity index (χ0) is 19.0. The van der Waals surface area contributed by atoms with Crippen molar-refractivity contribution in [3.8, 4) is 0 Å². The van der Waals surface area contributed by atoms with E-state index in [4.69, 9.17) is 28.4 Å². The summed E-state index contributed by atoms with van der Waals surface area (Å²) in [4.78, 5) is 33.8. The number of aliphatic hydroxyl groups is 1. The number of ether oxygens (including phenoxy) is 6. The molecule has 10 nitrogen and oxygen atoms in total. The van der Waals surface area contributed by atoms with Gasteiger partial charge < -0.3 is 33.5 Å². The van der Waals surface area contributed by atoms with Crippen LogP contribution in [0.15, 0.2) is 0 Å². The molecule has 1 saturated heterocycles. The van der Waals surface area contributed by atoms with Gasteiger partial charge in [-0.3, -0.25) is 14.4 Å². The lowest BCUT2D eigenvalue weighted by Gasteiger charge is -2.43. The van der Waals surface area contributed by atoms with Gasteiger partial charge in [-0.2, -0.15) is 0 Å². The van der Waals surface area contributed by atoms with Crippen molar-refractivity contribution in [2.24, 2.45) is 0 Å². The molecular formula is C15H24O10. The molecule has 0 radical (unpaired) electrons. The number of esters is 3. The van der Waals surface area contributed by atoms with Gasteiger partial charge in [-0.15, -0.1) is 0 Å². The van der Waals surface area contributed by atoms with Gasteiger partial charge in [0, 0.05) is 27.9 Å². The Morgan fingerprint density at radius 3 is 2.04 bits per heavy atom. The van der Waals surface area contributed by atoms with Crippen molar-refractivity contribution in [2.75, 3.05) is 26.9 Å². The van der Waals surface area contributed by atoms with E-state index in [1.54, 1.807) is 0 Å². The minimum absolute atomic E-state index is 0.0870. The Bertz CT molecular complexity index is 465. The van der Waals surface area contributed by atoms with Crippen LogP contribution in [-0.4, -0.2) is 80.7 Å². The third-order valence-electron chi connectivity index (χ3n) is 3.26. The molecule has 0 bridgehead atoms. The van der Waals surface area contributed by atoms with Crippen molar-refractivity contribution in [1.82, 2.24) is 0 Å². The van der Waals surface area contributed by atoms with Crippen molar-refractivity contribution in [1.29, 1.82) is 0 Å². The predicted molar refractivity (Wildman–Crippen MR) is 80.2 cm³/mol. The Balaban J connectivity index is 3.02. The molecule has 0 saturated carbocycles. The molecular weight excluding hydrogens is 340 g/mol. The number of methoxy groups -OCH3 is 1. The highest BCUT2D eigenvalue weighted by atomic mass is 16.7. The summed E-state index contributed by atoms with van der Waals surface area (Å²) >= 11 is 0. The Kier molecular flexibility index (Phi) is 8.76. The average molecular weight is 364 g/mol. The van der Waals surface area contributed by atoms with Crippen LogP contribution in [0.25, 0.3) is 0 Å². The largest absolute Gasteiger partial charge is 0.463 e. The second-order valence-corrected chi connectivity index (χ2v) is 5.34. The second-order valence-electron chi connectivity index (χ2n) is 5.34. The summed E-state index contributed by atoms with van der Waals surface area (Å²) in [7, 11) is 1.47. The van der Waals surface area contributed by atoms with E-state index >= 15 is 0 Å². The average Bonchev–Trinajstić information content (AvgIpc) is 2.50. The van der Waals surface area contributed by atoms with Crippen molar-refractivity contribution >= 4 is 17.9 Å².